The van der Waals surface area contributed by atoms with Crippen LogP contribution in [0.4, 0.5) is 0 Å². The number of nitrogens with zero attached hydrogens (tertiary/aromatic N) is 3. The molecule has 7 nitrogen and oxygen atoms in total. The second-order valence-corrected chi connectivity index (χ2v) is 6.74. The number of aromatic nitrogens is 2. The first-order chi connectivity index (χ1) is 12.5. The Kier molecular flexibility index (Phi) is 5.58. The van der Waals surface area contributed by atoms with E-state index in [0.717, 1.165) is 11.4 Å². The highest BCUT2D eigenvalue weighted by molar-refractivity contribution is 6.30. The SMILES string of the molecule is CONC(=O)C1CCN(C(=O)c2cc(C)n(-c3cccc(Cl)c3)n2)CC1. The molecule has 0 radical (unpaired) electrons. The lowest BCUT2D eigenvalue weighted by molar-refractivity contribution is -0.136. The number of hydroxylamine groups is 1. The summed E-state index contributed by atoms with van der Waals surface area (Å²) in [6, 6.07) is 9.10. The van der Waals surface area contributed by atoms with Crippen molar-refractivity contribution in [3.8, 4) is 5.69 Å². The summed E-state index contributed by atoms with van der Waals surface area (Å²) in [5, 5.41) is 5.06. The topological polar surface area (TPSA) is 76.5 Å². The van der Waals surface area contributed by atoms with Crippen LogP contribution in [0.3, 0.4) is 0 Å². The van der Waals surface area contributed by atoms with Crippen molar-refractivity contribution < 1.29 is 14.4 Å². The van der Waals surface area contributed by atoms with E-state index in [-0.39, 0.29) is 17.7 Å². The average molecular weight is 377 g/mol. The van der Waals surface area contributed by atoms with Crippen LogP contribution in [0, 0.1) is 12.8 Å². The zero-order valence-electron chi connectivity index (χ0n) is 14.7. The van der Waals surface area contributed by atoms with Crippen molar-refractivity contribution in [2.24, 2.45) is 5.92 Å². The average Bonchev–Trinajstić information content (AvgIpc) is 3.03. The molecule has 1 aliphatic heterocycles. The quantitative estimate of drug-likeness (QED) is 0.831. The molecular weight excluding hydrogens is 356 g/mol. The van der Waals surface area contributed by atoms with Crippen molar-refractivity contribution in [1.29, 1.82) is 0 Å². The van der Waals surface area contributed by atoms with E-state index in [4.69, 9.17) is 11.6 Å². The first-order valence-corrected chi connectivity index (χ1v) is 8.82. The van der Waals surface area contributed by atoms with Crippen molar-refractivity contribution in [2.45, 2.75) is 19.8 Å². The molecule has 2 aromatic rings. The van der Waals surface area contributed by atoms with Crippen molar-refractivity contribution >= 4 is 23.4 Å². The van der Waals surface area contributed by atoms with Gasteiger partial charge < -0.3 is 4.90 Å². The standard InChI is InChI=1S/C18H21ClN4O3/c1-12-10-16(20-23(12)15-5-3-4-14(19)11-15)18(25)22-8-6-13(7-9-22)17(24)21-26-2/h3-5,10-11,13H,6-9H2,1-2H3,(H,21,24). The molecule has 1 fully saturated rings. The molecule has 0 atom stereocenters. The minimum Gasteiger partial charge on any atom is -0.337 e. The van der Waals surface area contributed by atoms with Crippen LogP contribution in [-0.2, 0) is 9.63 Å². The molecule has 2 heterocycles. The number of benzene rings is 1. The summed E-state index contributed by atoms with van der Waals surface area (Å²) in [6.45, 7) is 2.93. The van der Waals surface area contributed by atoms with Gasteiger partial charge in [-0.05, 0) is 44.0 Å². The second kappa shape index (κ2) is 7.88. The molecule has 1 N–H and O–H groups in total. The van der Waals surface area contributed by atoms with Gasteiger partial charge in [-0.3, -0.25) is 14.4 Å². The molecule has 1 saturated heterocycles. The van der Waals surface area contributed by atoms with Crippen LogP contribution >= 0.6 is 11.6 Å². The van der Waals surface area contributed by atoms with Gasteiger partial charge in [0.05, 0.1) is 12.8 Å². The lowest BCUT2D eigenvalue weighted by atomic mass is 9.96. The maximum Gasteiger partial charge on any atom is 0.274 e. The molecule has 26 heavy (non-hydrogen) atoms. The van der Waals surface area contributed by atoms with E-state index in [1.165, 1.54) is 7.11 Å². The molecule has 1 aromatic carbocycles. The summed E-state index contributed by atoms with van der Waals surface area (Å²) in [6.07, 6.45) is 1.21. The second-order valence-electron chi connectivity index (χ2n) is 6.30. The van der Waals surface area contributed by atoms with Crippen LogP contribution in [0.5, 0.6) is 0 Å². The lowest BCUT2D eigenvalue weighted by Gasteiger charge is -2.30. The highest BCUT2D eigenvalue weighted by atomic mass is 35.5. The van der Waals surface area contributed by atoms with Gasteiger partial charge in [-0.15, -0.1) is 0 Å². The van der Waals surface area contributed by atoms with E-state index in [1.807, 2.05) is 19.1 Å². The fourth-order valence-electron chi connectivity index (χ4n) is 3.14. The number of halogens is 1. The van der Waals surface area contributed by atoms with E-state index in [9.17, 15) is 9.59 Å². The monoisotopic (exact) mass is 376 g/mol. The maximum absolute atomic E-state index is 12.8. The van der Waals surface area contributed by atoms with Gasteiger partial charge in [0, 0.05) is 29.7 Å². The van der Waals surface area contributed by atoms with Crippen LogP contribution in [0.25, 0.3) is 5.69 Å². The van der Waals surface area contributed by atoms with Crippen molar-refractivity contribution in [1.82, 2.24) is 20.2 Å². The predicted molar refractivity (Wildman–Crippen MR) is 97.1 cm³/mol. The third-order valence-corrected chi connectivity index (χ3v) is 4.75. The number of amides is 2. The number of rotatable bonds is 4. The molecule has 0 saturated carbocycles. The van der Waals surface area contributed by atoms with E-state index >= 15 is 0 Å². The molecule has 0 spiro atoms. The Morgan fingerprint density at radius 2 is 2.00 bits per heavy atom. The van der Waals surface area contributed by atoms with Crippen LogP contribution in [-0.4, -0.2) is 46.7 Å². The highest BCUT2D eigenvalue weighted by Crippen LogP contribution is 2.21. The molecule has 0 aliphatic carbocycles. The largest absolute Gasteiger partial charge is 0.337 e. The number of aryl methyl sites for hydroxylation is 1. The Balaban J connectivity index is 1.70. The Morgan fingerprint density at radius 1 is 1.27 bits per heavy atom. The minimum atomic E-state index is -0.138. The summed E-state index contributed by atoms with van der Waals surface area (Å²) in [4.78, 5) is 31.0. The number of nitrogens with one attached hydrogen (secondary N) is 1. The molecule has 3 rings (SSSR count). The molecular formula is C18H21ClN4O3. The Hall–Kier alpha value is -2.38. The Morgan fingerprint density at radius 3 is 2.65 bits per heavy atom. The highest BCUT2D eigenvalue weighted by Gasteiger charge is 2.29. The first kappa shape index (κ1) is 18.4. The van der Waals surface area contributed by atoms with Crippen molar-refractivity contribution in [2.75, 3.05) is 20.2 Å². The van der Waals surface area contributed by atoms with Crippen molar-refractivity contribution in [3.63, 3.8) is 0 Å². The van der Waals surface area contributed by atoms with Gasteiger partial charge >= 0.3 is 0 Å². The summed E-state index contributed by atoms with van der Waals surface area (Å²) >= 11 is 6.04. The lowest BCUT2D eigenvalue weighted by Crippen LogP contribution is -2.43. The van der Waals surface area contributed by atoms with Gasteiger partial charge in [0.2, 0.25) is 5.91 Å². The number of carbonyl (C=O) groups is 2. The van der Waals surface area contributed by atoms with E-state index < -0.39 is 0 Å². The number of hydrogen-bond donors (Lipinski definition) is 1. The molecule has 2 amide bonds. The number of carbonyl (C=O) groups excluding carboxylic acids is 2. The zero-order valence-corrected chi connectivity index (χ0v) is 15.5. The van der Waals surface area contributed by atoms with Gasteiger partial charge in [0.1, 0.15) is 0 Å². The number of likely N-dealkylation sites (tertiary alicyclic amines) is 1. The van der Waals surface area contributed by atoms with E-state index in [0.29, 0.717) is 36.6 Å². The summed E-state index contributed by atoms with van der Waals surface area (Å²) < 4.78 is 1.71. The third-order valence-electron chi connectivity index (χ3n) is 4.51. The summed E-state index contributed by atoms with van der Waals surface area (Å²) in [5.41, 5.74) is 4.41. The number of piperidine rings is 1. The van der Waals surface area contributed by atoms with Gasteiger partial charge in [-0.1, -0.05) is 17.7 Å². The first-order valence-electron chi connectivity index (χ1n) is 8.44. The fraction of sp³-hybridized carbons (Fsp3) is 0.389. The number of hydrogen-bond acceptors (Lipinski definition) is 4. The van der Waals surface area contributed by atoms with Gasteiger partial charge in [0.15, 0.2) is 5.69 Å². The zero-order chi connectivity index (χ0) is 18.7. The molecule has 138 valence electrons. The van der Waals surface area contributed by atoms with Crippen LogP contribution in [0.15, 0.2) is 30.3 Å². The molecule has 1 aliphatic rings. The Labute approximate surface area is 156 Å². The fourth-order valence-corrected chi connectivity index (χ4v) is 3.32. The maximum atomic E-state index is 12.8. The van der Waals surface area contributed by atoms with Crippen LogP contribution in [0.2, 0.25) is 5.02 Å². The molecule has 0 bridgehead atoms. The van der Waals surface area contributed by atoms with Gasteiger partial charge in [-0.25, -0.2) is 10.2 Å². The smallest absolute Gasteiger partial charge is 0.274 e. The third kappa shape index (κ3) is 3.89. The molecule has 8 heteroatoms. The van der Waals surface area contributed by atoms with Crippen molar-refractivity contribution in [3.05, 3.63) is 46.7 Å². The van der Waals surface area contributed by atoms with Gasteiger partial charge in [0.25, 0.3) is 5.91 Å². The van der Waals surface area contributed by atoms with Gasteiger partial charge in [-0.2, -0.15) is 5.10 Å². The Bertz CT molecular complexity index is 813. The summed E-state index contributed by atoms with van der Waals surface area (Å²) in [7, 11) is 1.41. The molecule has 1 aromatic heterocycles. The van der Waals surface area contributed by atoms with E-state index in [1.54, 1.807) is 27.8 Å². The van der Waals surface area contributed by atoms with Crippen LogP contribution < -0.4 is 5.48 Å². The molecule has 0 unspecified atom stereocenters. The predicted octanol–water partition coefficient (Wildman–Crippen LogP) is 2.36. The summed E-state index contributed by atoms with van der Waals surface area (Å²) in [5.74, 6) is -0.398. The van der Waals surface area contributed by atoms with E-state index in [2.05, 4.69) is 15.4 Å². The van der Waals surface area contributed by atoms with Crippen LogP contribution in [0.1, 0.15) is 29.0 Å². The normalized spacial score (nSPS) is 15.1. The minimum absolute atomic E-state index is 0.125.